The minimum absolute atomic E-state index is 0.156. The number of nitrogens with one attached hydrogen (secondary N) is 1. The molecule has 7 nitrogen and oxygen atoms in total. The number of benzene rings is 2. The highest BCUT2D eigenvalue weighted by Gasteiger charge is 2.50. The highest BCUT2D eigenvalue weighted by molar-refractivity contribution is 6.31. The van der Waals surface area contributed by atoms with Crippen LogP contribution in [-0.2, 0) is 19.1 Å². The van der Waals surface area contributed by atoms with Gasteiger partial charge >= 0.3 is 5.97 Å². The lowest BCUT2D eigenvalue weighted by molar-refractivity contribution is -0.122. The van der Waals surface area contributed by atoms with Gasteiger partial charge in [-0.3, -0.25) is 19.3 Å². The van der Waals surface area contributed by atoms with E-state index in [0.29, 0.717) is 35.2 Å². The second-order valence-corrected chi connectivity index (χ2v) is 9.21. The maximum Gasteiger partial charge on any atom is 0.338 e. The Bertz CT molecular complexity index is 1130. The van der Waals surface area contributed by atoms with Crippen LogP contribution in [0.4, 0.5) is 11.4 Å². The molecule has 2 fully saturated rings. The van der Waals surface area contributed by atoms with E-state index in [1.54, 1.807) is 30.3 Å². The molecule has 3 atom stereocenters. The molecule has 1 saturated heterocycles. The largest absolute Gasteiger partial charge is 0.452 e. The number of hydrogen-bond acceptors (Lipinski definition) is 5. The summed E-state index contributed by atoms with van der Waals surface area (Å²) in [5, 5.41) is 3.14. The van der Waals surface area contributed by atoms with Gasteiger partial charge in [-0.2, -0.15) is 0 Å². The first-order chi connectivity index (χ1) is 15.7. The number of carbonyl (C=O) groups excluding carboxylic acids is 4. The zero-order valence-electron chi connectivity index (χ0n) is 18.5. The molecule has 33 heavy (non-hydrogen) atoms. The van der Waals surface area contributed by atoms with Crippen LogP contribution in [0.15, 0.2) is 42.5 Å². The van der Waals surface area contributed by atoms with Crippen molar-refractivity contribution in [3.63, 3.8) is 0 Å². The number of fused-ring (bicyclic) bond motifs is 1. The number of aryl methyl sites for hydroxylation is 1. The molecule has 0 aromatic heterocycles. The van der Waals surface area contributed by atoms with Crippen molar-refractivity contribution in [3.05, 3.63) is 58.6 Å². The van der Waals surface area contributed by atoms with Crippen LogP contribution >= 0.6 is 11.6 Å². The summed E-state index contributed by atoms with van der Waals surface area (Å²) in [5.74, 6) is -1.82. The van der Waals surface area contributed by atoms with Gasteiger partial charge in [0.1, 0.15) is 0 Å². The van der Waals surface area contributed by atoms with Crippen molar-refractivity contribution in [2.75, 3.05) is 16.8 Å². The molecule has 4 rings (SSSR count). The van der Waals surface area contributed by atoms with E-state index in [2.05, 4.69) is 12.2 Å². The number of nitrogens with zero attached hydrogens (tertiary/aromatic N) is 1. The van der Waals surface area contributed by atoms with Gasteiger partial charge in [0, 0.05) is 10.7 Å². The summed E-state index contributed by atoms with van der Waals surface area (Å²) in [6.45, 7) is 3.43. The topological polar surface area (TPSA) is 92.8 Å². The molecule has 8 heteroatoms. The lowest BCUT2D eigenvalue weighted by atomic mass is 9.76. The maximum atomic E-state index is 12.9. The summed E-state index contributed by atoms with van der Waals surface area (Å²) in [7, 11) is 0. The van der Waals surface area contributed by atoms with Gasteiger partial charge in [0.15, 0.2) is 6.61 Å². The fraction of sp³-hybridized carbons (Fsp3) is 0.360. The second-order valence-electron chi connectivity index (χ2n) is 8.78. The smallest absolute Gasteiger partial charge is 0.338 e. The standard InChI is InChI=1S/C25H25ClN2O5/c1-14-6-9-19-20(10-14)24(31)28(23(19)30)18-5-3-4-16(11-18)25(32)33-13-22(29)27-21-12-17(26)8-7-15(21)2/h3-5,7-8,11-12,14,19-20H,6,9-10,13H2,1-2H3,(H,27,29)/t14-,19+,20-/m0/s1. The zero-order chi connectivity index (χ0) is 23.7. The SMILES string of the molecule is Cc1ccc(Cl)cc1NC(=O)COC(=O)c1cccc(N2C(=O)[C@H]3C[C@@H](C)CC[C@H]3C2=O)c1. The van der Waals surface area contributed by atoms with Gasteiger partial charge < -0.3 is 10.1 Å². The normalized spacial score (nSPS) is 22.2. The first kappa shape index (κ1) is 23.0. The molecule has 2 aliphatic rings. The Kier molecular flexibility index (Phi) is 6.51. The van der Waals surface area contributed by atoms with Crippen LogP contribution in [0.1, 0.15) is 42.1 Å². The van der Waals surface area contributed by atoms with Gasteiger partial charge in [0.05, 0.1) is 23.1 Å². The summed E-state index contributed by atoms with van der Waals surface area (Å²) in [6.07, 6.45) is 2.34. The Balaban J connectivity index is 1.42. The monoisotopic (exact) mass is 468 g/mol. The van der Waals surface area contributed by atoms with Crippen LogP contribution in [-0.4, -0.2) is 30.3 Å². The van der Waals surface area contributed by atoms with E-state index in [1.807, 2.05) is 6.92 Å². The van der Waals surface area contributed by atoms with Crippen molar-refractivity contribution in [2.24, 2.45) is 17.8 Å². The van der Waals surface area contributed by atoms with E-state index in [-0.39, 0.29) is 29.2 Å². The van der Waals surface area contributed by atoms with Crippen molar-refractivity contribution < 1.29 is 23.9 Å². The molecule has 2 aromatic rings. The van der Waals surface area contributed by atoms with Gasteiger partial charge in [-0.15, -0.1) is 0 Å². The van der Waals surface area contributed by atoms with Crippen LogP contribution in [0.2, 0.25) is 5.02 Å². The van der Waals surface area contributed by atoms with Crippen molar-refractivity contribution in [1.29, 1.82) is 0 Å². The number of esters is 1. The second kappa shape index (κ2) is 9.35. The molecule has 0 bridgehead atoms. The molecule has 0 spiro atoms. The molecule has 3 amide bonds. The van der Waals surface area contributed by atoms with Gasteiger partial charge in [-0.05, 0) is 68.0 Å². The maximum absolute atomic E-state index is 12.9. The lowest BCUT2D eigenvalue weighted by Crippen LogP contribution is -2.31. The number of imide groups is 1. The third-order valence-corrected chi connectivity index (χ3v) is 6.57. The van der Waals surface area contributed by atoms with Crippen molar-refractivity contribution in [2.45, 2.75) is 33.1 Å². The summed E-state index contributed by atoms with van der Waals surface area (Å²) >= 11 is 5.96. The van der Waals surface area contributed by atoms with Crippen molar-refractivity contribution in [1.82, 2.24) is 0 Å². The number of rotatable bonds is 5. The number of halogens is 1. The average molecular weight is 469 g/mol. The Hall–Kier alpha value is -3.19. The third kappa shape index (κ3) is 4.78. The average Bonchev–Trinajstić information content (AvgIpc) is 3.04. The summed E-state index contributed by atoms with van der Waals surface area (Å²) in [6, 6.07) is 11.3. The van der Waals surface area contributed by atoms with E-state index < -0.39 is 18.5 Å². The van der Waals surface area contributed by atoms with Gasteiger partial charge in [0.25, 0.3) is 5.91 Å². The van der Waals surface area contributed by atoms with E-state index in [1.165, 1.54) is 17.0 Å². The molecule has 0 radical (unpaired) electrons. The molecule has 1 N–H and O–H groups in total. The number of anilines is 2. The highest BCUT2D eigenvalue weighted by atomic mass is 35.5. The molecule has 1 aliphatic heterocycles. The van der Waals surface area contributed by atoms with Crippen LogP contribution in [0.3, 0.4) is 0 Å². The predicted molar refractivity (Wildman–Crippen MR) is 124 cm³/mol. The first-order valence-electron chi connectivity index (χ1n) is 11.0. The van der Waals surface area contributed by atoms with Gasteiger partial charge in [-0.1, -0.05) is 30.7 Å². The summed E-state index contributed by atoms with van der Waals surface area (Å²) in [5.41, 5.74) is 1.86. The zero-order valence-corrected chi connectivity index (χ0v) is 19.2. The number of amides is 3. The van der Waals surface area contributed by atoms with Gasteiger partial charge in [-0.25, -0.2) is 4.79 Å². The van der Waals surface area contributed by atoms with Crippen LogP contribution in [0.5, 0.6) is 0 Å². The molecule has 1 heterocycles. The molecular formula is C25H25ClN2O5. The Morgan fingerprint density at radius 3 is 2.64 bits per heavy atom. The van der Waals surface area contributed by atoms with Crippen LogP contribution < -0.4 is 10.2 Å². The quantitative estimate of drug-likeness (QED) is 0.519. The van der Waals surface area contributed by atoms with Crippen LogP contribution in [0.25, 0.3) is 0 Å². The predicted octanol–water partition coefficient (Wildman–Crippen LogP) is 4.37. The molecule has 1 saturated carbocycles. The third-order valence-electron chi connectivity index (χ3n) is 6.34. The van der Waals surface area contributed by atoms with Crippen molar-refractivity contribution >= 4 is 46.7 Å². The summed E-state index contributed by atoms with van der Waals surface area (Å²) in [4.78, 5) is 51.8. The van der Waals surface area contributed by atoms with E-state index in [4.69, 9.17) is 16.3 Å². The van der Waals surface area contributed by atoms with E-state index >= 15 is 0 Å². The lowest BCUT2D eigenvalue weighted by Gasteiger charge is -2.25. The molecule has 1 aliphatic carbocycles. The highest BCUT2D eigenvalue weighted by Crippen LogP contribution is 2.42. The molecule has 0 unspecified atom stereocenters. The Labute approximate surface area is 197 Å². The minimum atomic E-state index is -0.722. The summed E-state index contributed by atoms with van der Waals surface area (Å²) < 4.78 is 5.14. The van der Waals surface area contributed by atoms with E-state index in [9.17, 15) is 19.2 Å². The van der Waals surface area contributed by atoms with Gasteiger partial charge in [0.2, 0.25) is 11.8 Å². The van der Waals surface area contributed by atoms with Crippen LogP contribution in [0, 0.1) is 24.7 Å². The number of carbonyl (C=O) groups is 4. The number of ether oxygens (including phenoxy) is 1. The minimum Gasteiger partial charge on any atom is -0.452 e. The number of hydrogen-bond donors (Lipinski definition) is 1. The fourth-order valence-corrected chi connectivity index (χ4v) is 4.72. The first-order valence-corrected chi connectivity index (χ1v) is 11.3. The molecule has 2 aromatic carbocycles. The Morgan fingerprint density at radius 2 is 1.85 bits per heavy atom. The Morgan fingerprint density at radius 1 is 1.09 bits per heavy atom. The van der Waals surface area contributed by atoms with Crippen molar-refractivity contribution in [3.8, 4) is 0 Å². The van der Waals surface area contributed by atoms with E-state index in [0.717, 1.165) is 12.0 Å². The fourth-order valence-electron chi connectivity index (χ4n) is 4.55. The molecule has 172 valence electrons. The molecular weight excluding hydrogens is 444 g/mol.